The highest BCUT2D eigenvalue weighted by Gasteiger charge is 2.26. The van der Waals surface area contributed by atoms with Gasteiger partial charge in [-0.25, -0.2) is 4.79 Å². The van der Waals surface area contributed by atoms with Crippen molar-refractivity contribution in [2.75, 3.05) is 39.9 Å². The smallest absolute Gasteiger partial charge is 0.337 e. The van der Waals surface area contributed by atoms with Gasteiger partial charge in [0.25, 0.3) is 11.8 Å². The van der Waals surface area contributed by atoms with Crippen LogP contribution >= 0.6 is 0 Å². The summed E-state index contributed by atoms with van der Waals surface area (Å²) in [5.74, 6) is -0.502. The molecule has 1 fully saturated rings. The predicted octanol–water partition coefficient (Wildman–Crippen LogP) is 1.40. The van der Waals surface area contributed by atoms with E-state index in [0.717, 1.165) is 5.56 Å². The summed E-state index contributed by atoms with van der Waals surface area (Å²) in [5.41, 5.74) is 1.15. The van der Waals surface area contributed by atoms with Crippen molar-refractivity contribution in [1.29, 1.82) is 0 Å². The fraction of sp³-hybridized carbons (Fsp3) is 0.300. The first-order chi connectivity index (χ1) is 14.1. The first-order valence-electron chi connectivity index (χ1n) is 9.03. The molecule has 0 unspecified atom stereocenters. The summed E-state index contributed by atoms with van der Waals surface area (Å²) in [6.45, 7) is 1.52. The van der Waals surface area contributed by atoms with E-state index in [1.807, 2.05) is 0 Å². The average molecular weight is 399 g/mol. The molecule has 1 saturated heterocycles. The van der Waals surface area contributed by atoms with Crippen molar-refractivity contribution < 1.29 is 28.4 Å². The van der Waals surface area contributed by atoms with Gasteiger partial charge in [-0.1, -0.05) is 17.3 Å². The molecule has 0 bridgehead atoms. The summed E-state index contributed by atoms with van der Waals surface area (Å²) in [6.07, 6.45) is 2.91. The van der Waals surface area contributed by atoms with Crippen molar-refractivity contribution in [1.82, 2.24) is 9.80 Å². The first kappa shape index (κ1) is 20.1. The molecule has 1 aromatic heterocycles. The van der Waals surface area contributed by atoms with Gasteiger partial charge >= 0.3 is 5.97 Å². The zero-order valence-corrected chi connectivity index (χ0v) is 15.9. The number of rotatable bonds is 6. The Morgan fingerprint density at radius 2 is 1.76 bits per heavy atom. The molecule has 3 rings (SSSR count). The van der Waals surface area contributed by atoms with E-state index in [9.17, 15) is 14.4 Å². The minimum atomic E-state index is -0.415. The molecule has 0 saturated carbocycles. The number of amides is 2. The summed E-state index contributed by atoms with van der Waals surface area (Å²) in [7, 11) is 1.32. The molecule has 9 nitrogen and oxygen atoms in total. The minimum Gasteiger partial charge on any atom is -0.465 e. The van der Waals surface area contributed by atoms with Gasteiger partial charge in [-0.3, -0.25) is 9.59 Å². The molecule has 2 amide bonds. The maximum absolute atomic E-state index is 12.2. The van der Waals surface area contributed by atoms with Gasteiger partial charge in [0.15, 0.2) is 12.4 Å². The first-order valence-corrected chi connectivity index (χ1v) is 9.03. The second kappa shape index (κ2) is 9.54. The van der Waals surface area contributed by atoms with Crippen molar-refractivity contribution in [2.24, 2.45) is 5.16 Å². The number of methoxy groups -OCH3 is 1. The van der Waals surface area contributed by atoms with E-state index < -0.39 is 5.97 Å². The van der Waals surface area contributed by atoms with E-state index in [1.54, 1.807) is 46.2 Å². The summed E-state index contributed by atoms with van der Waals surface area (Å²) in [4.78, 5) is 44.2. The number of oxime groups is 1. The highest BCUT2D eigenvalue weighted by atomic mass is 16.6. The van der Waals surface area contributed by atoms with Crippen molar-refractivity contribution in [3.8, 4) is 0 Å². The van der Waals surface area contributed by atoms with Gasteiger partial charge in [0.2, 0.25) is 0 Å². The Morgan fingerprint density at radius 1 is 1.07 bits per heavy atom. The van der Waals surface area contributed by atoms with Crippen LogP contribution in [0.15, 0.2) is 52.2 Å². The van der Waals surface area contributed by atoms with Crippen molar-refractivity contribution in [3.05, 3.63) is 59.5 Å². The van der Waals surface area contributed by atoms with Crippen LogP contribution in [0.25, 0.3) is 0 Å². The topological polar surface area (TPSA) is 102 Å². The van der Waals surface area contributed by atoms with E-state index in [0.29, 0.717) is 37.5 Å². The van der Waals surface area contributed by atoms with Gasteiger partial charge in [0.05, 0.1) is 25.2 Å². The van der Waals surface area contributed by atoms with E-state index in [4.69, 9.17) is 9.25 Å². The number of carbonyl (C=O) groups excluding carboxylic acids is 3. The number of esters is 1. The van der Waals surface area contributed by atoms with Crippen LogP contribution in [0.2, 0.25) is 0 Å². The zero-order chi connectivity index (χ0) is 20.6. The van der Waals surface area contributed by atoms with E-state index in [2.05, 4.69) is 9.89 Å². The second-order valence-corrected chi connectivity index (χ2v) is 6.27. The van der Waals surface area contributed by atoms with Crippen LogP contribution in [0.4, 0.5) is 0 Å². The van der Waals surface area contributed by atoms with Crippen LogP contribution < -0.4 is 0 Å². The number of piperazine rings is 1. The third-order valence-electron chi connectivity index (χ3n) is 4.45. The quantitative estimate of drug-likeness (QED) is 0.413. The number of nitrogens with zero attached hydrogens (tertiary/aromatic N) is 3. The van der Waals surface area contributed by atoms with Crippen molar-refractivity contribution in [3.63, 3.8) is 0 Å². The van der Waals surface area contributed by atoms with Gasteiger partial charge in [-0.05, 0) is 29.8 Å². The molecule has 9 heteroatoms. The molecule has 1 aromatic carbocycles. The molecule has 0 N–H and O–H groups in total. The normalized spacial score (nSPS) is 14.1. The molecular weight excluding hydrogens is 378 g/mol. The molecule has 1 aliphatic heterocycles. The summed E-state index contributed by atoms with van der Waals surface area (Å²) < 4.78 is 9.75. The van der Waals surface area contributed by atoms with Gasteiger partial charge in [0.1, 0.15) is 0 Å². The maximum Gasteiger partial charge on any atom is 0.337 e. The number of ether oxygens (including phenoxy) is 1. The number of hydrogen-bond acceptors (Lipinski definition) is 7. The lowest BCUT2D eigenvalue weighted by Gasteiger charge is -2.34. The van der Waals surface area contributed by atoms with Gasteiger partial charge < -0.3 is 23.8 Å². The lowest BCUT2D eigenvalue weighted by Crippen LogP contribution is -2.51. The molecule has 0 atom stereocenters. The number of benzene rings is 1. The third kappa shape index (κ3) is 5.22. The summed E-state index contributed by atoms with van der Waals surface area (Å²) in [6, 6.07) is 9.89. The van der Waals surface area contributed by atoms with E-state index in [1.165, 1.54) is 19.6 Å². The monoisotopic (exact) mass is 399 g/mol. The van der Waals surface area contributed by atoms with Gasteiger partial charge in [0, 0.05) is 26.2 Å². The Bertz CT molecular complexity index is 868. The Hall–Kier alpha value is -3.62. The molecule has 0 spiro atoms. The average Bonchev–Trinajstić information content (AvgIpc) is 3.31. The molecule has 2 aromatic rings. The number of hydrogen-bond donors (Lipinski definition) is 0. The second-order valence-electron chi connectivity index (χ2n) is 6.27. The standard InChI is InChI=1S/C20H21N3O6/c1-27-20(26)16-6-4-15(5-7-16)13-21-29-14-18(24)22-8-10-23(11-9-22)19(25)17-3-2-12-28-17/h2-7,12-13H,8-11,14H2,1H3/b21-13-. The highest BCUT2D eigenvalue weighted by molar-refractivity contribution is 5.92. The van der Waals surface area contributed by atoms with E-state index in [-0.39, 0.29) is 18.4 Å². The molecule has 29 heavy (non-hydrogen) atoms. The molecular formula is C20H21N3O6. The van der Waals surface area contributed by atoms with Crippen LogP contribution in [-0.4, -0.2) is 73.7 Å². The third-order valence-corrected chi connectivity index (χ3v) is 4.45. The Balaban J connectivity index is 1.40. The lowest BCUT2D eigenvalue weighted by molar-refractivity contribution is -0.137. The Labute approximate surface area is 167 Å². The largest absolute Gasteiger partial charge is 0.465 e. The van der Waals surface area contributed by atoms with Crippen molar-refractivity contribution in [2.45, 2.75) is 0 Å². The molecule has 0 radical (unpaired) electrons. The molecule has 152 valence electrons. The van der Waals surface area contributed by atoms with Gasteiger partial charge in [-0.2, -0.15) is 0 Å². The number of carbonyl (C=O) groups is 3. The van der Waals surface area contributed by atoms with Crippen LogP contribution in [-0.2, 0) is 14.4 Å². The SMILES string of the molecule is COC(=O)c1ccc(/C=N\OCC(=O)N2CCN(C(=O)c3ccco3)CC2)cc1. The van der Waals surface area contributed by atoms with Crippen LogP contribution in [0, 0.1) is 0 Å². The van der Waals surface area contributed by atoms with Crippen LogP contribution in [0.3, 0.4) is 0 Å². The fourth-order valence-corrected chi connectivity index (χ4v) is 2.82. The summed E-state index contributed by atoms with van der Waals surface area (Å²) in [5, 5.41) is 3.78. The van der Waals surface area contributed by atoms with Crippen molar-refractivity contribution >= 4 is 24.0 Å². The molecule has 2 heterocycles. The minimum absolute atomic E-state index is 0.179. The summed E-state index contributed by atoms with van der Waals surface area (Å²) >= 11 is 0. The molecule has 0 aliphatic carbocycles. The van der Waals surface area contributed by atoms with Crippen LogP contribution in [0.1, 0.15) is 26.5 Å². The Morgan fingerprint density at radius 3 is 2.38 bits per heavy atom. The zero-order valence-electron chi connectivity index (χ0n) is 15.9. The molecule has 1 aliphatic rings. The highest BCUT2D eigenvalue weighted by Crippen LogP contribution is 2.10. The van der Waals surface area contributed by atoms with Crippen LogP contribution in [0.5, 0.6) is 0 Å². The fourth-order valence-electron chi connectivity index (χ4n) is 2.82. The maximum atomic E-state index is 12.2. The Kier molecular flexibility index (Phi) is 6.62. The predicted molar refractivity (Wildman–Crippen MR) is 103 cm³/mol. The van der Waals surface area contributed by atoms with Gasteiger partial charge in [-0.15, -0.1) is 0 Å². The lowest BCUT2D eigenvalue weighted by atomic mass is 10.1. The van der Waals surface area contributed by atoms with E-state index >= 15 is 0 Å². The number of furan rings is 1.